The lowest BCUT2D eigenvalue weighted by Crippen LogP contribution is -2.31. The van der Waals surface area contributed by atoms with Crippen LogP contribution in [-0.4, -0.2) is 25.5 Å². The molecule has 0 saturated carbocycles. The highest BCUT2D eigenvalue weighted by Crippen LogP contribution is 2.32. The minimum Gasteiger partial charge on any atom is -0.384 e. The summed E-state index contributed by atoms with van der Waals surface area (Å²) in [6.07, 6.45) is -2.49. The number of nitrogens with two attached hydrogens (primary N) is 1. The van der Waals surface area contributed by atoms with Crippen LogP contribution in [0.15, 0.2) is 18.2 Å². The molecule has 1 aliphatic rings. The van der Waals surface area contributed by atoms with Gasteiger partial charge in [-0.3, -0.25) is 4.79 Å². The zero-order valence-corrected chi connectivity index (χ0v) is 11.5. The van der Waals surface area contributed by atoms with Crippen LogP contribution in [0.3, 0.4) is 0 Å². The molecular formula is C14H18F3N3O. The number of piperidine rings is 1. The number of rotatable bonds is 4. The second kappa shape index (κ2) is 6.34. The van der Waals surface area contributed by atoms with E-state index in [-0.39, 0.29) is 5.56 Å². The van der Waals surface area contributed by atoms with E-state index in [1.165, 1.54) is 6.07 Å². The van der Waals surface area contributed by atoms with Crippen molar-refractivity contribution in [2.45, 2.75) is 19.0 Å². The second-order valence-corrected chi connectivity index (χ2v) is 5.20. The molecule has 1 aromatic carbocycles. The highest BCUT2D eigenvalue weighted by Gasteiger charge is 2.31. The first kappa shape index (κ1) is 15.6. The normalized spacial score (nSPS) is 16.7. The lowest BCUT2D eigenvalue weighted by molar-refractivity contribution is -0.137. The largest absolute Gasteiger partial charge is 0.416 e. The molecule has 0 aliphatic carbocycles. The van der Waals surface area contributed by atoms with Gasteiger partial charge in [-0.05, 0) is 50.0 Å². The fraction of sp³-hybridized carbons (Fsp3) is 0.500. The lowest BCUT2D eigenvalue weighted by atomic mass is 9.98. The number of anilines is 1. The Hall–Kier alpha value is -1.76. The summed E-state index contributed by atoms with van der Waals surface area (Å²) >= 11 is 0. The van der Waals surface area contributed by atoms with Crippen LogP contribution in [0.1, 0.15) is 28.8 Å². The number of nitrogens with one attached hydrogen (secondary N) is 2. The van der Waals surface area contributed by atoms with Gasteiger partial charge in [0.05, 0.1) is 11.1 Å². The van der Waals surface area contributed by atoms with Gasteiger partial charge < -0.3 is 16.4 Å². The van der Waals surface area contributed by atoms with E-state index >= 15 is 0 Å². The van der Waals surface area contributed by atoms with E-state index in [4.69, 9.17) is 5.73 Å². The van der Waals surface area contributed by atoms with Gasteiger partial charge in [-0.15, -0.1) is 0 Å². The van der Waals surface area contributed by atoms with Crippen molar-refractivity contribution in [2.75, 3.05) is 25.0 Å². The Morgan fingerprint density at radius 1 is 1.33 bits per heavy atom. The molecule has 7 heteroatoms. The molecule has 116 valence electrons. The topological polar surface area (TPSA) is 67.2 Å². The molecule has 0 atom stereocenters. The SMILES string of the molecule is NC(=O)c1cc(C(F)(F)F)ccc1NCC1CCNCC1. The van der Waals surface area contributed by atoms with Gasteiger partial charge in [-0.1, -0.05) is 0 Å². The van der Waals surface area contributed by atoms with Gasteiger partial charge in [0, 0.05) is 12.2 Å². The molecule has 1 saturated heterocycles. The van der Waals surface area contributed by atoms with Crippen LogP contribution in [0.25, 0.3) is 0 Å². The average Bonchev–Trinajstić information content (AvgIpc) is 2.45. The molecule has 4 nitrogen and oxygen atoms in total. The first-order chi connectivity index (χ1) is 9.88. The highest BCUT2D eigenvalue weighted by molar-refractivity contribution is 5.98. The van der Waals surface area contributed by atoms with E-state index in [2.05, 4.69) is 10.6 Å². The van der Waals surface area contributed by atoms with Crippen LogP contribution in [0.4, 0.5) is 18.9 Å². The second-order valence-electron chi connectivity index (χ2n) is 5.20. The number of hydrogen-bond acceptors (Lipinski definition) is 3. The molecule has 0 radical (unpaired) electrons. The molecule has 0 aromatic heterocycles. The molecule has 1 amide bonds. The Balaban J connectivity index is 2.12. The Morgan fingerprint density at radius 3 is 2.57 bits per heavy atom. The van der Waals surface area contributed by atoms with Gasteiger partial charge in [0.15, 0.2) is 0 Å². The fourth-order valence-corrected chi connectivity index (χ4v) is 2.42. The summed E-state index contributed by atoms with van der Waals surface area (Å²) < 4.78 is 38.0. The molecule has 1 heterocycles. The van der Waals surface area contributed by atoms with Gasteiger partial charge in [-0.25, -0.2) is 0 Å². The van der Waals surface area contributed by atoms with Crippen molar-refractivity contribution in [2.24, 2.45) is 11.7 Å². The number of amides is 1. The summed E-state index contributed by atoms with van der Waals surface area (Å²) in [7, 11) is 0. The lowest BCUT2D eigenvalue weighted by Gasteiger charge is -2.24. The number of halogens is 3. The summed E-state index contributed by atoms with van der Waals surface area (Å²) in [5.41, 5.74) is 4.54. The first-order valence-corrected chi connectivity index (χ1v) is 6.83. The summed E-state index contributed by atoms with van der Waals surface area (Å²) in [4.78, 5) is 11.4. The van der Waals surface area contributed by atoms with Gasteiger partial charge in [0.25, 0.3) is 5.91 Å². The fourth-order valence-electron chi connectivity index (χ4n) is 2.42. The van der Waals surface area contributed by atoms with Crippen molar-refractivity contribution in [3.05, 3.63) is 29.3 Å². The predicted molar refractivity (Wildman–Crippen MR) is 74.0 cm³/mol. The molecule has 0 spiro atoms. The zero-order valence-electron chi connectivity index (χ0n) is 11.5. The van der Waals surface area contributed by atoms with Crippen LogP contribution in [0.2, 0.25) is 0 Å². The van der Waals surface area contributed by atoms with Gasteiger partial charge in [0.1, 0.15) is 0 Å². The minimum atomic E-state index is -4.49. The van der Waals surface area contributed by atoms with Crippen molar-refractivity contribution in [1.29, 1.82) is 0 Å². The Kier molecular flexibility index (Phi) is 4.72. The minimum absolute atomic E-state index is 0.126. The standard InChI is InChI=1S/C14H18F3N3O/c15-14(16,17)10-1-2-12(11(7-10)13(18)21)20-8-9-3-5-19-6-4-9/h1-2,7,9,19-20H,3-6,8H2,(H2,18,21). The maximum atomic E-state index is 12.7. The van der Waals surface area contributed by atoms with Crippen LogP contribution >= 0.6 is 0 Å². The van der Waals surface area contributed by atoms with Crippen molar-refractivity contribution in [3.8, 4) is 0 Å². The van der Waals surface area contributed by atoms with Crippen molar-refractivity contribution >= 4 is 11.6 Å². The summed E-state index contributed by atoms with van der Waals surface area (Å²) in [6, 6.07) is 3.02. The van der Waals surface area contributed by atoms with E-state index in [1.54, 1.807) is 0 Å². The summed E-state index contributed by atoms with van der Waals surface area (Å²) in [6.45, 7) is 2.48. The van der Waals surface area contributed by atoms with Gasteiger partial charge >= 0.3 is 6.18 Å². The maximum absolute atomic E-state index is 12.7. The van der Waals surface area contributed by atoms with Crippen molar-refractivity contribution in [1.82, 2.24) is 5.32 Å². The van der Waals surface area contributed by atoms with Crippen molar-refractivity contribution < 1.29 is 18.0 Å². The average molecular weight is 301 g/mol. The molecule has 0 unspecified atom stereocenters. The monoisotopic (exact) mass is 301 g/mol. The number of benzene rings is 1. The number of carbonyl (C=O) groups is 1. The van der Waals surface area contributed by atoms with Crippen LogP contribution in [-0.2, 0) is 6.18 Å². The van der Waals surface area contributed by atoms with Crippen LogP contribution in [0, 0.1) is 5.92 Å². The third kappa shape index (κ3) is 4.10. The van der Waals surface area contributed by atoms with E-state index in [1.807, 2.05) is 0 Å². The zero-order chi connectivity index (χ0) is 15.5. The first-order valence-electron chi connectivity index (χ1n) is 6.83. The molecule has 1 aromatic rings. The van der Waals surface area contributed by atoms with Gasteiger partial charge in [0.2, 0.25) is 0 Å². The summed E-state index contributed by atoms with van der Waals surface area (Å²) in [5, 5.41) is 6.29. The van der Waals surface area contributed by atoms with Crippen molar-refractivity contribution in [3.63, 3.8) is 0 Å². The number of carbonyl (C=O) groups excluding carboxylic acids is 1. The molecule has 1 aliphatic heterocycles. The molecule has 4 N–H and O–H groups in total. The van der Waals surface area contributed by atoms with Crippen LogP contribution < -0.4 is 16.4 Å². The Labute approximate surface area is 120 Å². The maximum Gasteiger partial charge on any atom is 0.416 e. The predicted octanol–water partition coefficient (Wildman–Crippen LogP) is 2.22. The number of alkyl halides is 3. The van der Waals surface area contributed by atoms with Gasteiger partial charge in [-0.2, -0.15) is 13.2 Å². The Bertz CT molecular complexity index is 511. The highest BCUT2D eigenvalue weighted by atomic mass is 19.4. The quantitative estimate of drug-likeness (QED) is 0.799. The smallest absolute Gasteiger partial charge is 0.384 e. The third-order valence-corrected chi connectivity index (χ3v) is 3.65. The molecular weight excluding hydrogens is 283 g/mol. The molecule has 1 fully saturated rings. The summed E-state index contributed by atoms with van der Waals surface area (Å²) in [5.74, 6) is -0.428. The van der Waals surface area contributed by atoms with Crippen LogP contribution in [0.5, 0.6) is 0 Å². The van der Waals surface area contributed by atoms with E-state index in [0.717, 1.165) is 38.1 Å². The Morgan fingerprint density at radius 2 is 2.00 bits per heavy atom. The van der Waals surface area contributed by atoms with E-state index in [9.17, 15) is 18.0 Å². The molecule has 21 heavy (non-hydrogen) atoms. The molecule has 2 rings (SSSR count). The van der Waals surface area contributed by atoms with E-state index < -0.39 is 17.6 Å². The number of primary amides is 1. The molecule has 0 bridgehead atoms. The van der Waals surface area contributed by atoms with E-state index in [0.29, 0.717) is 18.2 Å². The third-order valence-electron chi connectivity index (χ3n) is 3.65. The number of hydrogen-bond donors (Lipinski definition) is 3.